The molecule has 0 aliphatic carbocycles. The molecule has 0 aromatic heterocycles. The van der Waals surface area contributed by atoms with E-state index >= 15 is 0 Å². The monoisotopic (exact) mass is 154 g/mol. The van der Waals surface area contributed by atoms with E-state index in [1.807, 2.05) is 0 Å². The minimum Gasteiger partial charge on any atom is -0.334 e. The standard InChI is InChI=1S/C7H14N4/c1-2-11-4-3-9-7(5-11)10-6-8/h6H,2-5H2,1H3,(H2,8,9,10). The lowest BCUT2D eigenvalue weighted by Gasteiger charge is -2.24. The van der Waals surface area contributed by atoms with Crippen molar-refractivity contribution in [1.82, 2.24) is 10.2 Å². The van der Waals surface area contributed by atoms with E-state index in [4.69, 9.17) is 5.41 Å². The molecule has 0 amide bonds. The van der Waals surface area contributed by atoms with Crippen LogP contribution < -0.4 is 5.32 Å². The number of amidine groups is 1. The molecule has 0 aromatic rings. The highest BCUT2D eigenvalue weighted by atomic mass is 15.2. The van der Waals surface area contributed by atoms with Crippen LogP contribution in [0.4, 0.5) is 0 Å². The summed E-state index contributed by atoms with van der Waals surface area (Å²) in [5, 5.41) is 9.63. The van der Waals surface area contributed by atoms with Crippen molar-refractivity contribution in [3.05, 3.63) is 0 Å². The molecule has 1 aliphatic heterocycles. The lowest BCUT2D eigenvalue weighted by Crippen LogP contribution is -2.41. The van der Waals surface area contributed by atoms with Gasteiger partial charge in [0, 0.05) is 6.54 Å². The van der Waals surface area contributed by atoms with Crippen molar-refractivity contribution in [2.75, 3.05) is 26.2 Å². The van der Waals surface area contributed by atoms with E-state index in [9.17, 15) is 0 Å². The quantitative estimate of drug-likeness (QED) is 0.431. The smallest absolute Gasteiger partial charge is 0.116 e. The molecular formula is C7H14N4. The highest BCUT2D eigenvalue weighted by Gasteiger charge is 2.10. The summed E-state index contributed by atoms with van der Waals surface area (Å²) >= 11 is 0. The van der Waals surface area contributed by atoms with Gasteiger partial charge in [-0.1, -0.05) is 6.92 Å². The average molecular weight is 154 g/mol. The van der Waals surface area contributed by atoms with Crippen molar-refractivity contribution >= 4 is 12.2 Å². The van der Waals surface area contributed by atoms with E-state index in [1.165, 1.54) is 6.34 Å². The van der Waals surface area contributed by atoms with Crippen LogP contribution in [0.3, 0.4) is 0 Å². The fourth-order valence-corrected chi connectivity index (χ4v) is 1.11. The van der Waals surface area contributed by atoms with Gasteiger partial charge >= 0.3 is 0 Å². The van der Waals surface area contributed by atoms with Gasteiger partial charge in [-0.25, -0.2) is 0 Å². The van der Waals surface area contributed by atoms with Gasteiger partial charge < -0.3 is 5.32 Å². The maximum atomic E-state index is 6.83. The first kappa shape index (κ1) is 8.20. The van der Waals surface area contributed by atoms with Gasteiger partial charge in [0.05, 0.1) is 19.4 Å². The summed E-state index contributed by atoms with van der Waals surface area (Å²) in [7, 11) is 0. The first-order valence-electron chi connectivity index (χ1n) is 3.88. The third-order valence-electron chi connectivity index (χ3n) is 1.78. The second-order valence-corrected chi connectivity index (χ2v) is 2.49. The summed E-state index contributed by atoms with van der Waals surface area (Å²) in [6.07, 6.45) is 1.18. The third kappa shape index (κ3) is 2.31. The van der Waals surface area contributed by atoms with Crippen molar-refractivity contribution < 1.29 is 0 Å². The predicted octanol–water partition coefficient (Wildman–Crippen LogP) is -0.0829. The molecule has 4 nitrogen and oxygen atoms in total. The number of hydrogen-bond acceptors (Lipinski definition) is 3. The van der Waals surface area contributed by atoms with Crippen LogP contribution >= 0.6 is 0 Å². The summed E-state index contributed by atoms with van der Waals surface area (Å²) in [5.41, 5.74) is 0. The molecule has 1 heterocycles. The number of nitrogens with zero attached hydrogens (tertiary/aromatic N) is 2. The Morgan fingerprint density at radius 1 is 1.82 bits per heavy atom. The van der Waals surface area contributed by atoms with Crippen molar-refractivity contribution in [2.24, 2.45) is 4.99 Å². The normalized spacial score (nSPS) is 19.2. The first-order valence-corrected chi connectivity index (χ1v) is 3.88. The number of rotatable bonds is 2. The molecule has 0 saturated carbocycles. The fraction of sp³-hybridized carbons (Fsp3) is 0.714. The molecule has 0 saturated heterocycles. The minimum atomic E-state index is 0.851. The molecule has 4 heteroatoms. The van der Waals surface area contributed by atoms with Crippen LogP contribution in [-0.2, 0) is 0 Å². The largest absolute Gasteiger partial charge is 0.334 e. The number of hydrogen-bond donors (Lipinski definition) is 2. The third-order valence-corrected chi connectivity index (χ3v) is 1.78. The van der Waals surface area contributed by atoms with Gasteiger partial charge in [-0.15, -0.1) is 0 Å². The fourth-order valence-electron chi connectivity index (χ4n) is 1.11. The van der Waals surface area contributed by atoms with E-state index < -0.39 is 0 Å². The van der Waals surface area contributed by atoms with Gasteiger partial charge in [0.2, 0.25) is 0 Å². The minimum absolute atomic E-state index is 0.851. The van der Waals surface area contributed by atoms with Crippen molar-refractivity contribution in [3.63, 3.8) is 0 Å². The highest BCUT2D eigenvalue weighted by molar-refractivity contribution is 5.92. The maximum Gasteiger partial charge on any atom is 0.116 e. The topological polar surface area (TPSA) is 51.5 Å². The number of nitrogens with one attached hydrogen (secondary N) is 2. The molecule has 0 radical (unpaired) electrons. The second-order valence-electron chi connectivity index (χ2n) is 2.49. The Morgan fingerprint density at radius 2 is 2.64 bits per heavy atom. The Hall–Kier alpha value is -0.900. The van der Waals surface area contributed by atoms with Crippen LogP contribution in [0.1, 0.15) is 6.92 Å². The van der Waals surface area contributed by atoms with E-state index in [0.29, 0.717) is 0 Å². The zero-order valence-electron chi connectivity index (χ0n) is 6.80. The SMILES string of the molecule is CCN1CCN=C(NC=N)C1. The Labute approximate surface area is 66.8 Å². The van der Waals surface area contributed by atoms with Crippen molar-refractivity contribution in [1.29, 1.82) is 5.41 Å². The molecule has 1 aliphatic rings. The van der Waals surface area contributed by atoms with Crippen molar-refractivity contribution in [2.45, 2.75) is 6.92 Å². The number of aliphatic imine (C=N–C) groups is 1. The van der Waals surface area contributed by atoms with Crippen molar-refractivity contribution in [3.8, 4) is 0 Å². The predicted molar refractivity (Wildman–Crippen MR) is 46.3 cm³/mol. The molecule has 11 heavy (non-hydrogen) atoms. The molecule has 0 atom stereocenters. The Balaban J connectivity index is 2.41. The zero-order valence-corrected chi connectivity index (χ0v) is 6.80. The van der Waals surface area contributed by atoms with E-state index in [0.717, 1.165) is 32.0 Å². The summed E-state index contributed by atoms with van der Waals surface area (Å²) in [4.78, 5) is 6.52. The summed E-state index contributed by atoms with van der Waals surface area (Å²) in [5.74, 6) is 0.910. The van der Waals surface area contributed by atoms with E-state index in [2.05, 4.69) is 22.1 Å². The van der Waals surface area contributed by atoms with Gasteiger partial charge in [0.15, 0.2) is 0 Å². The van der Waals surface area contributed by atoms with Gasteiger partial charge in [-0.05, 0) is 6.54 Å². The van der Waals surface area contributed by atoms with Crippen LogP contribution in [0.2, 0.25) is 0 Å². The number of likely N-dealkylation sites (N-methyl/N-ethyl adjacent to an activating group) is 1. The van der Waals surface area contributed by atoms with Crippen LogP contribution in [0.15, 0.2) is 4.99 Å². The van der Waals surface area contributed by atoms with Crippen LogP contribution in [0.5, 0.6) is 0 Å². The van der Waals surface area contributed by atoms with Gasteiger partial charge in [0.25, 0.3) is 0 Å². The first-order chi connectivity index (χ1) is 5.36. The zero-order chi connectivity index (χ0) is 8.10. The molecular weight excluding hydrogens is 140 g/mol. The molecule has 62 valence electrons. The van der Waals surface area contributed by atoms with Gasteiger partial charge in [-0.2, -0.15) is 0 Å². The molecule has 1 rings (SSSR count). The van der Waals surface area contributed by atoms with E-state index in [-0.39, 0.29) is 0 Å². The molecule has 0 spiro atoms. The second kappa shape index (κ2) is 4.08. The lowest BCUT2D eigenvalue weighted by molar-refractivity contribution is 0.324. The Kier molecular flexibility index (Phi) is 3.04. The molecule has 0 bridgehead atoms. The average Bonchev–Trinajstić information content (AvgIpc) is 2.06. The van der Waals surface area contributed by atoms with Crippen LogP contribution in [0, 0.1) is 5.41 Å². The molecule has 0 aromatic carbocycles. The highest BCUT2D eigenvalue weighted by Crippen LogP contribution is 1.94. The Morgan fingerprint density at radius 3 is 3.27 bits per heavy atom. The molecule has 0 fully saturated rings. The Bertz CT molecular complexity index is 164. The molecule has 0 unspecified atom stereocenters. The summed E-state index contributed by atoms with van der Waals surface area (Å²) in [6, 6.07) is 0. The van der Waals surface area contributed by atoms with Gasteiger partial charge in [-0.3, -0.25) is 15.3 Å². The summed E-state index contributed by atoms with van der Waals surface area (Å²) < 4.78 is 0. The van der Waals surface area contributed by atoms with Gasteiger partial charge in [0.1, 0.15) is 5.84 Å². The maximum absolute atomic E-state index is 6.83. The lowest BCUT2D eigenvalue weighted by atomic mass is 10.4. The summed E-state index contributed by atoms with van der Waals surface area (Å²) in [6.45, 7) is 5.93. The molecule has 2 N–H and O–H groups in total. The van der Waals surface area contributed by atoms with E-state index in [1.54, 1.807) is 0 Å². The van der Waals surface area contributed by atoms with Crippen LogP contribution in [-0.4, -0.2) is 43.3 Å². The van der Waals surface area contributed by atoms with Crippen LogP contribution in [0.25, 0.3) is 0 Å².